The number of H-pyrrole nitrogens is 1. The second-order valence-corrected chi connectivity index (χ2v) is 10.2. The fraction of sp³-hybridized carbons (Fsp3) is 0.545. The van der Waals surface area contributed by atoms with E-state index in [1.807, 2.05) is 0 Å². The van der Waals surface area contributed by atoms with E-state index in [-0.39, 0.29) is 31.1 Å². The Bertz CT molecular complexity index is 1080. The number of benzene rings is 1. The number of alkyl halides is 3. The van der Waals surface area contributed by atoms with E-state index >= 15 is 0 Å². The molecule has 0 saturated carbocycles. The molecule has 0 spiro atoms. The Morgan fingerprint density at radius 3 is 2.38 bits per heavy atom. The van der Waals surface area contributed by atoms with Crippen molar-refractivity contribution >= 4 is 10.0 Å². The smallest absolute Gasteiger partial charge is 0.306 e. The Kier molecular flexibility index (Phi) is 7.76. The molecule has 0 aliphatic carbocycles. The summed E-state index contributed by atoms with van der Waals surface area (Å²) in [5.74, 6) is 0.231. The van der Waals surface area contributed by atoms with Gasteiger partial charge < -0.3 is 4.98 Å². The van der Waals surface area contributed by atoms with Crippen LogP contribution in [0, 0.1) is 0 Å². The van der Waals surface area contributed by atoms with Crippen LogP contribution in [0.15, 0.2) is 29.1 Å². The first kappa shape index (κ1) is 24.4. The van der Waals surface area contributed by atoms with E-state index in [4.69, 9.17) is 0 Å². The molecule has 10 heteroatoms. The largest absolute Gasteiger partial charge is 0.416 e. The lowest BCUT2D eigenvalue weighted by Crippen LogP contribution is -2.40. The van der Waals surface area contributed by atoms with Gasteiger partial charge in [0.15, 0.2) is 0 Å². The highest BCUT2D eigenvalue weighted by atomic mass is 32.2. The molecule has 0 radical (unpaired) electrons. The van der Waals surface area contributed by atoms with Gasteiger partial charge in [-0.15, -0.1) is 0 Å². The summed E-state index contributed by atoms with van der Waals surface area (Å²) in [7, 11) is -3.47. The Hall–Kier alpha value is -2.20. The van der Waals surface area contributed by atoms with Gasteiger partial charge in [0.25, 0.3) is 5.56 Å². The highest BCUT2D eigenvalue weighted by molar-refractivity contribution is 7.89. The summed E-state index contributed by atoms with van der Waals surface area (Å²) in [6, 6.07) is 4.39. The molecule has 3 rings (SSSR count). The first-order chi connectivity index (χ1) is 15.1. The minimum atomic E-state index is -4.44. The number of nitrogens with one attached hydrogen (secondary N) is 1. The van der Waals surface area contributed by atoms with Crippen LogP contribution in [-0.2, 0) is 29.2 Å². The molecule has 1 N–H and O–H groups in total. The van der Waals surface area contributed by atoms with E-state index in [1.165, 1.54) is 16.4 Å². The average Bonchev–Trinajstić information content (AvgIpc) is 2.75. The van der Waals surface area contributed by atoms with Crippen molar-refractivity contribution in [2.75, 3.05) is 12.3 Å². The van der Waals surface area contributed by atoms with Gasteiger partial charge in [-0.05, 0) is 18.6 Å². The summed E-state index contributed by atoms with van der Waals surface area (Å²) in [4.78, 5) is 19.6. The molecule has 2 aromatic rings. The molecular formula is C22H28F3N3O3S. The lowest BCUT2D eigenvalue weighted by molar-refractivity contribution is -0.137. The van der Waals surface area contributed by atoms with Crippen molar-refractivity contribution in [3.8, 4) is 11.4 Å². The Labute approximate surface area is 185 Å². The molecule has 32 heavy (non-hydrogen) atoms. The third-order valence-electron chi connectivity index (χ3n) is 5.67. The number of sulfonamides is 1. The molecule has 1 aliphatic rings. The van der Waals surface area contributed by atoms with Crippen LogP contribution in [0.5, 0.6) is 0 Å². The number of aromatic amines is 1. The third-order valence-corrected chi connectivity index (χ3v) is 7.57. The molecule has 0 unspecified atom stereocenters. The zero-order chi connectivity index (χ0) is 23.4. The van der Waals surface area contributed by atoms with E-state index in [2.05, 4.69) is 16.9 Å². The molecule has 0 atom stereocenters. The predicted molar refractivity (Wildman–Crippen MR) is 117 cm³/mol. The SMILES string of the molecule is CCCCCCCCS(=O)(=O)N1CCc2nc(-c3ccc(C(F)(F)F)cc3)[nH]c(=O)c2C1. The maximum absolute atomic E-state index is 12.8. The molecule has 6 nitrogen and oxygen atoms in total. The molecular weight excluding hydrogens is 443 g/mol. The van der Waals surface area contributed by atoms with Gasteiger partial charge in [0.1, 0.15) is 5.82 Å². The topological polar surface area (TPSA) is 83.1 Å². The first-order valence-electron chi connectivity index (χ1n) is 10.9. The van der Waals surface area contributed by atoms with Crippen molar-refractivity contribution in [2.45, 2.75) is 64.6 Å². The number of hydrogen-bond acceptors (Lipinski definition) is 4. The molecule has 176 valence electrons. The van der Waals surface area contributed by atoms with Crippen molar-refractivity contribution in [2.24, 2.45) is 0 Å². The molecule has 1 aliphatic heterocycles. The zero-order valence-electron chi connectivity index (χ0n) is 18.0. The van der Waals surface area contributed by atoms with Crippen LogP contribution in [-0.4, -0.2) is 35.0 Å². The normalized spacial score (nSPS) is 15.0. The summed E-state index contributed by atoms with van der Waals surface area (Å²) in [5.41, 5.74) is -0.124. The van der Waals surface area contributed by atoms with Crippen molar-refractivity contribution < 1.29 is 21.6 Å². The Morgan fingerprint density at radius 2 is 1.72 bits per heavy atom. The number of nitrogens with zero attached hydrogens (tertiary/aromatic N) is 2. The van der Waals surface area contributed by atoms with Crippen molar-refractivity contribution in [3.05, 3.63) is 51.4 Å². The van der Waals surface area contributed by atoms with Crippen LogP contribution in [0.3, 0.4) is 0 Å². The predicted octanol–water partition coefficient (Wildman–Crippen LogP) is 4.50. The summed E-state index contributed by atoms with van der Waals surface area (Å²) in [5, 5.41) is 0. The molecule has 0 saturated heterocycles. The fourth-order valence-corrected chi connectivity index (χ4v) is 5.31. The number of unbranched alkanes of at least 4 members (excludes halogenated alkanes) is 5. The van der Waals surface area contributed by atoms with Crippen LogP contribution in [0.1, 0.15) is 62.3 Å². The van der Waals surface area contributed by atoms with Gasteiger partial charge in [-0.1, -0.05) is 51.2 Å². The number of fused-ring (bicyclic) bond motifs is 1. The maximum Gasteiger partial charge on any atom is 0.416 e. The van der Waals surface area contributed by atoms with Gasteiger partial charge in [-0.2, -0.15) is 17.5 Å². The van der Waals surface area contributed by atoms with Crippen molar-refractivity contribution in [3.63, 3.8) is 0 Å². The summed E-state index contributed by atoms with van der Waals surface area (Å²) in [6.07, 6.45) is 1.70. The molecule has 0 amide bonds. The second-order valence-electron chi connectivity index (χ2n) is 8.08. The van der Waals surface area contributed by atoms with Crippen molar-refractivity contribution in [1.29, 1.82) is 0 Å². The Balaban J connectivity index is 1.69. The van der Waals surface area contributed by atoms with E-state index in [1.54, 1.807) is 0 Å². The highest BCUT2D eigenvalue weighted by Gasteiger charge is 2.31. The fourth-order valence-electron chi connectivity index (χ4n) is 3.79. The number of rotatable bonds is 9. The van der Waals surface area contributed by atoms with Crippen LogP contribution in [0.4, 0.5) is 13.2 Å². The summed E-state index contributed by atoms with van der Waals surface area (Å²) in [6.45, 7) is 2.32. The number of aromatic nitrogens is 2. The van der Waals surface area contributed by atoms with E-state index in [9.17, 15) is 26.4 Å². The molecule has 1 aromatic heterocycles. The van der Waals surface area contributed by atoms with Gasteiger partial charge >= 0.3 is 6.18 Å². The molecule has 1 aromatic carbocycles. The first-order valence-corrected chi connectivity index (χ1v) is 12.5. The van der Waals surface area contributed by atoms with Crippen LogP contribution >= 0.6 is 0 Å². The van der Waals surface area contributed by atoms with Crippen LogP contribution in [0.25, 0.3) is 11.4 Å². The number of hydrogen-bond donors (Lipinski definition) is 1. The van der Waals surface area contributed by atoms with Crippen LogP contribution < -0.4 is 5.56 Å². The Morgan fingerprint density at radius 1 is 1.06 bits per heavy atom. The number of halogens is 3. The minimum Gasteiger partial charge on any atom is -0.306 e. The van der Waals surface area contributed by atoms with Gasteiger partial charge in [-0.3, -0.25) is 4.79 Å². The van der Waals surface area contributed by atoms with E-state index in [0.29, 0.717) is 23.2 Å². The molecule has 0 bridgehead atoms. The van der Waals surface area contributed by atoms with Gasteiger partial charge in [-0.25, -0.2) is 13.4 Å². The third kappa shape index (κ3) is 5.98. The average molecular weight is 472 g/mol. The summed E-state index contributed by atoms with van der Waals surface area (Å²) >= 11 is 0. The minimum absolute atomic E-state index is 0.0386. The van der Waals surface area contributed by atoms with E-state index < -0.39 is 27.3 Å². The van der Waals surface area contributed by atoms with Gasteiger partial charge in [0.05, 0.1) is 22.6 Å². The molecule has 2 heterocycles. The maximum atomic E-state index is 12.8. The van der Waals surface area contributed by atoms with Gasteiger partial charge in [0.2, 0.25) is 10.0 Å². The summed E-state index contributed by atoms with van der Waals surface area (Å²) < 4.78 is 65.0. The molecule has 0 fully saturated rings. The monoisotopic (exact) mass is 471 g/mol. The van der Waals surface area contributed by atoms with Crippen LogP contribution in [0.2, 0.25) is 0 Å². The lowest BCUT2D eigenvalue weighted by Gasteiger charge is -2.27. The van der Waals surface area contributed by atoms with E-state index in [0.717, 1.165) is 44.2 Å². The lowest BCUT2D eigenvalue weighted by atomic mass is 10.1. The zero-order valence-corrected chi connectivity index (χ0v) is 18.9. The van der Waals surface area contributed by atoms with Gasteiger partial charge in [0, 0.05) is 25.1 Å². The highest BCUT2D eigenvalue weighted by Crippen LogP contribution is 2.30. The standard InChI is InChI=1S/C22H28F3N3O3S/c1-2-3-4-5-6-7-14-32(30,31)28-13-12-19-18(15-28)21(29)27-20(26-19)16-8-10-17(11-9-16)22(23,24)25/h8-11H,2-7,12-15H2,1H3,(H,26,27,29). The second kappa shape index (κ2) is 10.2. The van der Waals surface area contributed by atoms with Crippen molar-refractivity contribution in [1.82, 2.24) is 14.3 Å². The quantitative estimate of drug-likeness (QED) is 0.546.